The van der Waals surface area contributed by atoms with Crippen molar-refractivity contribution < 1.29 is 4.42 Å². The van der Waals surface area contributed by atoms with Crippen LogP contribution < -0.4 is 5.32 Å². The number of likely N-dealkylation sites (N-methyl/N-ethyl adjacent to an activating group) is 1. The van der Waals surface area contributed by atoms with E-state index in [1.165, 1.54) is 4.80 Å². The average Bonchev–Trinajstić information content (AvgIpc) is 2.85. The second kappa shape index (κ2) is 4.22. The highest BCUT2D eigenvalue weighted by Crippen LogP contribution is 2.20. The molecule has 0 spiro atoms. The molecule has 0 fully saturated rings. The van der Waals surface area contributed by atoms with Crippen LogP contribution in [-0.2, 0) is 7.05 Å². The predicted octanol–water partition coefficient (Wildman–Crippen LogP) is 0.154. The van der Waals surface area contributed by atoms with E-state index in [-0.39, 0.29) is 5.92 Å². The standard InChI is InChI=1S/C9H13N5O/c1-10-6-7(8-4-3-5-15-8)9-11-13-14(2)12-9/h3-5,7,10H,6H2,1-2H3. The molecule has 6 heteroatoms. The lowest BCUT2D eigenvalue weighted by atomic mass is 10.1. The first-order valence-corrected chi connectivity index (χ1v) is 4.73. The Morgan fingerprint density at radius 3 is 3.00 bits per heavy atom. The maximum absolute atomic E-state index is 5.35. The van der Waals surface area contributed by atoms with Gasteiger partial charge in [0.15, 0.2) is 5.82 Å². The zero-order valence-corrected chi connectivity index (χ0v) is 8.71. The second-order valence-electron chi connectivity index (χ2n) is 3.26. The van der Waals surface area contributed by atoms with Crippen LogP contribution >= 0.6 is 0 Å². The minimum absolute atomic E-state index is 0.0127. The number of rotatable bonds is 4. The molecule has 0 saturated heterocycles. The van der Waals surface area contributed by atoms with Crippen LogP contribution in [0.15, 0.2) is 22.8 Å². The number of furan rings is 1. The monoisotopic (exact) mass is 207 g/mol. The van der Waals surface area contributed by atoms with Gasteiger partial charge in [-0.1, -0.05) is 0 Å². The number of nitrogens with one attached hydrogen (secondary N) is 1. The minimum atomic E-state index is 0.0127. The Hall–Kier alpha value is -1.69. The summed E-state index contributed by atoms with van der Waals surface area (Å²) in [5.74, 6) is 1.53. The van der Waals surface area contributed by atoms with Gasteiger partial charge in [-0.15, -0.1) is 10.2 Å². The second-order valence-corrected chi connectivity index (χ2v) is 3.26. The van der Waals surface area contributed by atoms with Crippen molar-refractivity contribution in [2.45, 2.75) is 5.92 Å². The zero-order chi connectivity index (χ0) is 10.7. The number of nitrogens with zero attached hydrogens (tertiary/aromatic N) is 4. The highest BCUT2D eigenvalue weighted by Gasteiger charge is 2.20. The van der Waals surface area contributed by atoms with E-state index in [0.717, 1.165) is 12.3 Å². The van der Waals surface area contributed by atoms with E-state index < -0.39 is 0 Å². The van der Waals surface area contributed by atoms with Crippen molar-refractivity contribution in [2.75, 3.05) is 13.6 Å². The Labute approximate surface area is 87.3 Å². The number of aromatic nitrogens is 4. The minimum Gasteiger partial charge on any atom is -0.469 e. The first-order valence-electron chi connectivity index (χ1n) is 4.73. The molecule has 0 bridgehead atoms. The number of hydrogen-bond acceptors (Lipinski definition) is 5. The van der Waals surface area contributed by atoms with E-state index in [1.54, 1.807) is 13.3 Å². The van der Waals surface area contributed by atoms with Crippen molar-refractivity contribution in [3.8, 4) is 0 Å². The van der Waals surface area contributed by atoms with Gasteiger partial charge in [-0.05, 0) is 24.4 Å². The molecular weight excluding hydrogens is 194 g/mol. The summed E-state index contributed by atoms with van der Waals surface area (Å²) >= 11 is 0. The SMILES string of the molecule is CNCC(c1nnn(C)n1)c1ccco1. The van der Waals surface area contributed by atoms with Gasteiger partial charge in [-0.3, -0.25) is 0 Å². The average molecular weight is 207 g/mol. The Balaban J connectivity index is 2.27. The zero-order valence-electron chi connectivity index (χ0n) is 8.71. The van der Waals surface area contributed by atoms with Crippen LogP contribution in [0.5, 0.6) is 0 Å². The maximum atomic E-state index is 5.35. The largest absolute Gasteiger partial charge is 0.469 e. The smallest absolute Gasteiger partial charge is 0.186 e. The molecule has 1 N–H and O–H groups in total. The lowest BCUT2D eigenvalue weighted by Gasteiger charge is -2.08. The van der Waals surface area contributed by atoms with Crippen LogP contribution in [-0.4, -0.2) is 33.8 Å². The van der Waals surface area contributed by atoms with E-state index in [1.807, 2.05) is 19.2 Å². The summed E-state index contributed by atoms with van der Waals surface area (Å²) in [5.41, 5.74) is 0. The van der Waals surface area contributed by atoms with Gasteiger partial charge >= 0.3 is 0 Å². The summed E-state index contributed by atoms with van der Waals surface area (Å²) in [6.45, 7) is 0.721. The molecule has 2 aromatic heterocycles. The summed E-state index contributed by atoms with van der Waals surface area (Å²) in [5, 5.41) is 15.1. The van der Waals surface area contributed by atoms with Crippen molar-refractivity contribution in [3.05, 3.63) is 30.0 Å². The van der Waals surface area contributed by atoms with Gasteiger partial charge in [0.2, 0.25) is 0 Å². The lowest BCUT2D eigenvalue weighted by molar-refractivity contribution is 0.468. The topological polar surface area (TPSA) is 68.8 Å². The summed E-state index contributed by atoms with van der Waals surface area (Å²) in [6.07, 6.45) is 1.65. The Kier molecular flexibility index (Phi) is 2.77. The molecule has 0 aliphatic heterocycles. The van der Waals surface area contributed by atoms with E-state index in [4.69, 9.17) is 4.42 Å². The molecule has 1 unspecified atom stereocenters. The highest BCUT2D eigenvalue weighted by molar-refractivity contribution is 5.14. The van der Waals surface area contributed by atoms with Crippen molar-refractivity contribution in [1.82, 2.24) is 25.5 Å². The van der Waals surface area contributed by atoms with Crippen molar-refractivity contribution in [1.29, 1.82) is 0 Å². The molecule has 2 heterocycles. The molecule has 1 atom stereocenters. The highest BCUT2D eigenvalue weighted by atomic mass is 16.3. The van der Waals surface area contributed by atoms with Crippen LogP contribution in [0.2, 0.25) is 0 Å². The van der Waals surface area contributed by atoms with E-state index >= 15 is 0 Å². The fraction of sp³-hybridized carbons (Fsp3) is 0.444. The third-order valence-corrected chi connectivity index (χ3v) is 2.13. The summed E-state index contributed by atoms with van der Waals surface area (Å²) in [7, 11) is 3.63. The van der Waals surface area contributed by atoms with Gasteiger partial charge < -0.3 is 9.73 Å². The molecule has 0 aliphatic carbocycles. The first-order chi connectivity index (χ1) is 7.31. The molecule has 0 aliphatic rings. The van der Waals surface area contributed by atoms with Gasteiger partial charge in [0.25, 0.3) is 0 Å². The quantitative estimate of drug-likeness (QED) is 0.773. The molecule has 0 radical (unpaired) electrons. The third kappa shape index (κ3) is 2.04. The van der Waals surface area contributed by atoms with Crippen LogP contribution in [0.4, 0.5) is 0 Å². The van der Waals surface area contributed by atoms with E-state index in [9.17, 15) is 0 Å². The molecule has 80 valence electrons. The number of hydrogen-bond donors (Lipinski definition) is 1. The Morgan fingerprint density at radius 1 is 1.60 bits per heavy atom. The number of aryl methyl sites for hydroxylation is 1. The van der Waals surface area contributed by atoms with Crippen LogP contribution in [0, 0.1) is 0 Å². The summed E-state index contributed by atoms with van der Waals surface area (Å²) in [4.78, 5) is 1.45. The molecule has 0 saturated carbocycles. The Bertz CT molecular complexity index is 408. The third-order valence-electron chi connectivity index (χ3n) is 2.13. The van der Waals surface area contributed by atoms with Gasteiger partial charge in [0.05, 0.1) is 19.2 Å². The van der Waals surface area contributed by atoms with Crippen molar-refractivity contribution in [2.24, 2.45) is 7.05 Å². The van der Waals surface area contributed by atoms with Gasteiger partial charge in [0, 0.05) is 6.54 Å². The molecule has 0 aromatic carbocycles. The van der Waals surface area contributed by atoms with Gasteiger partial charge in [-0.2, -0.15) is 4.80 Å². The van der Waals surface area contributed by atoms with Crippen LogP contribution in [0.25, 0.3) is 0 Å². The van der Waals surface area contributed by atoms with Crippen LogP contribution in [0.1, 0.15) is 17.5 Å². The molecule has 2 rings (SSSR count). The fourth-order valence-corrected chi connectivity index (χ4v) is 1.45. The van der Waals surface area contributed by atoms with E-state index in [0.29, 0.717) is 5.82 Å². The molecule has 0 amide bonds. The molecular formula is C9H13N5O. The maximum Gasteiger partial charge on any atom is 0.186 e. The van der Waals surface area contributed by atoms with Gasteiger partial charge in [-0.25, -0.2) is 0 Å². The lowest BCUT2D eigenvalue weighted by Crippen LogP contribution is -2.19. The fourth-order valence-electron chi connectivity index (χ4n) is 1.45. The van der Waals surface area contributed by atoms with Crippen LogP contribution in [0.3, 0.4) is 0 Å². The van der Waals surface area contributed by atoms with E-state index in [2.05, 4.69) is 20.7 Å². The molecule has 2 aromatic rings. The van der Waals surface area contributed by atoms with Crippen molar-refractivity contribution >= 4 is 0 Å². The summed E-state index contributed by atoms with van der Waals surface area (Å²) < 4.78 is 5.35. The first kappa shape index (κ1) is 9.85. The normalized spacial score (nSPS) is 12.9. The van der Waals surface area contributed by atoms with Gasteiger partial charge in [0.1, 0.15) is 5.76 Å². The van der Waals surface area contributed by atoms with Crippen molar-refractivity contribution in [3.63, 3.8) is 0 Å². The summed E-state index contributed by atoms with van der Waals surface area (Å²) in [6, 6.07) is 3.77. The molecule has 15 heavy (non-hydrogen) atoms. The predicted molar refractivity (Wildman–Crippen MR) is 53.3 cm³/mol. The molecule has 6 nitrogen and oxygen atoms in total. The number of tetrazole rings is 1. The Morgan fingerprint density at radius 2 is 2.47 bits per heavy atom.